The van der Waals surface area contributed by atoms with E-state index in [1.54, 1.807) is 36.4 Å². The van der Waals surface area contributed by atoms with Crippen molar-refractivity contribution in [2.24, 2.45) is 0 Å². The smallest absolute Gasteiger partial charge is 0.341 e. The lowest BCUT2D eigenvalue weighted by atomic mass is 10.1. The molecule has 3 N–H and O–H groups in total. The fraction of sp³-hybridized carbons (Fsp3) is 0.208. The van der Waals surface area contributed by atoms with Gasteiger partial charge in [0.25, 0.3) is 0 Å². The summed E-state index contributed by atoms with van der Waals surface area (Å²) in [5.74, 6) is -1.08. The van der Waals surface area contributed by atoms with E-state index in [0.717, 1.165) is 11.1 Å². The molecule has 11 heteroatoms. The molecule has 3 aromatic carbocycles. The summed E-state index contributed by atoms with van der Waals surface area (Å²) in [6.07, 6.45) is -0.0386. The first-order valence-corrected chi connectivity index (χ1v) is 12.5. The molecule has 0 aliphatic heterocycles. The van der Waals surface area contributed by atoms with Crippen LogP contribution in [0.2, 0.25) is 10.0 Å². The molecule has 0 saturated carbocycles. The van der Waals surface area contributed by atoms with E-state index < -0.39 is 28.5 Å². The predicted molar refractivity (Wildman–Crippen MR) is 137 cm³/mol. The highest BCUT2D eigenvalue weighted by atomic mass is 35.5. The summed E-state index contributed by atoms with van der Waals surface area (Å²) in [6.45, 7) is 0.374. The van der Waals surface area contributed by atoms with Gasteiger partial charge in [0.15, 0.2) is 6.61 Å². The van der Waals surface area contributed by atoms with E-state index in [1.807, 2.05) is 0 Å². The lowest BCUT2D eigenvalue weighted by Gasteiger charge is -2.13. The zero-order valence-electron chi connectivity index (χ0n) is 18.4. The zero-order chi connectivity index (χ0) is 24.7. The number of carbonyl (C=O) groups is 1. The number of carboxylic acids is 1. The zero-order valence-corrected chi connectivity index (χ0v) is 21.5. The van der Waals surface area contributed by atoms with E-state index in [0.29, 0.717) is 24.5 Å². The maximum atomic E-state index is 12.9. The van der Waals surface area contributed by atoms with Crippen LogP contribution in [0.25, 0.3) is 0 Å². The standard InChI is InChI=1S/C24H23Cl2NO6S.ClH/c25-18-3-1-2-17(12-18)22(28)14-27-11-10-16-4-6-19(7-5-16)34(31,32)20-8-9-23(21(26)13-20)33-15-24(29)30;/h1-9,12-13,22,27-28H,10-11,14-15H2,(H,29,30);1H/t22-;/m0./s1. The average molecular weight is 561 g/mol. The largest absolute Gasteiger partial charge is 0.480 e. The molecule has 1 atom stereocenters. The van der Waals surface area contributed by atoms with E-state index in [9.17, 15) is 18.3 Å². The summed E-state index contributed by atoms with van der Waals surface area (Å²) >= 11 is 12.0. The summed E-state index contributed by atoms with van der Waals surface area (Å²) in [4.78, 5) is 10.7. The van der Waals surface area contributed by atoms with Gasteiger partial charge >= 0.3 is 5.97 Å². The van der Waals surface area contributed by atoms with E-state index in [-0.39, 0.29) is 33.0 Å². The molecule has 0 aromatic heterocycles. The highest BCUT2D eigenvalue weighted by molar-refractivity contribution is 7.91. The maximum absolute atomic E-state index is 12.9. The number of hydrogen-bond donors (Lipinski definition) is 3. The van der Waals surface area contributed by atoms with E-state index in [2.05, 4.69) is 5.32 Å². The quantitative estimate of drug-likeness (QED) is 0.294. The number of benzene rings is 3. The number of aliphatic carboxylic acids is 1. The third-order valence-electron chi connectivity index (χ3n) is 4.96. The van der Waals surface area contributed by atoms with Crippen molar-refractivity contribution < 1.29 is 28.2 Å². The molecule has 0 amide bonds. The molecule has 3 aromatic rings. The van der Waals surface area contributed by atoms with E-state index in [1.165, 1.54) is 30.3 Å². The summed E-state index contributed by atoms with van der Waals surface area (Å²) in [5.41, 5.74) is 1.66. The first kappa shape index (κ1) is 28.9. The molecule has 0 aliphatic carbocycles. The van der Waals surface area contributed by atoms with Crippen molar-refractivity contribution in [3.05, 3.63) is 87.9 Å². The fourth-order valence-electron chi connectivity index (χ4n) is 3.18. The minimum Gasteiger partial charge on any atom is -0.480 e. The number of carboxylic acid groups (broad SMARTS) is 1. The van der Waals surface area contributed by atoms with Gasteiger partial charge in [0.2, 0.25) is 9.84 Å². The van der Waals surface area contributed by atoms with Crippen molar-refractivity contribution in [2.45, 2.75) is 22.3 Å². The van der Waals surface area contributed by atoms with Gasteiger partial charge in [0.05, 0.1) is 20.9 Å². The van der Waals surface area contributed by atoms with Gasteiger partial charge in [-0.05, 0) is 66.6 Å². The Morgan fingerprint density at radius 3 is 2.31 bits per heavy atom. The van der Waals surface area contributed by atoms with Crippen molar-refractivity contribution in [1.82, 2.24) is 5.32 Å². The first-order chi connectivity index (χ1) is 16.2. The molecule has 0 spiro atoms. The normalized spacial score (nSPS) is 12.0. The minimum atomic E-state index is -3.81. The van der Waals surface area contributed by atoms with Crippen LogP contribution in [0.3, 0.4) is 0 Å². The second kappa shape index (κ2) is 13.1. The van der Waals surface area contributed by atoms with Crippen molar-refractivity contribution in [3.63, 3.8) is 0 Å². The van der Waals surface area contributed by atoms with Crippen LogP contribution in [0.1, 0.15) is 17.2 Å². The van der Waals surface area contributed by atoms with Gasteiger partial charge in [-0.1, -0.05) is 47.5 Å². The van der Waals surface area contributed by atoms with Crippen molar-refractivity contribution >= 4 is 51.4 Å². The van der Waals surface area contributed by atoms with Crippen molar-refractivity contribution in [1.29, 1.82) is 0 Å². The van der Waals surface area contributed by atoms with E-state index in [4.69, 9.17) is 33.0 Å². The second-order valence-corrected chi connectivity index (χ2v) is 10.2. The lowest BCUT2D eigenvalue weighted by molar-refractivity contribution is -0.139. The number of sulfone groups is 1. The molecular formula is C24H24Cl3NO6S. The Bertz CT molecular complexity index is 1250. The fourth-order valence-corrected chi connectivity index (χ4v) is 4.97. The summed E-state index contributed by atoms with van der Waals surface area (Å²) in [5, 5.41) is 22.7. The van der Waals surface area contributed by atoms with Gasteiger partial charge in [-0.25, -0.2) is 13.2 Å². The predicted octanol–water partition coefficient (Wildman–Crippen LogP) is 4.58. The maximum Gasteiger partial charge on any atom is 0.341 e. The van der Waals surface area contributed by atoms with Gasteiger partial charge in [0, 0.05) is 11.6 Å². The number of halogens is 3. The molecule has 3 rings (SSSR count). The molecule has 0 radical (unpaired) electrons. The van der Waals surface area contributed by atoms with Crippen LogP contribution in [-0.4, -0.2) is 44.3 Å². The van der Waals surface area contributed by atoms with Crippen LogP contribution >= 0.6 is 35.6 Å². The third kappa shape index (κ3) is 8.10. The van der Waals surface area contributed by atoms with Gasteiger partial charge in [-0.3, -0.25) is 0 Å². The molecule has 0 fully saturated rings. The van der Waals surface area contributed by atoms with Crippen LogP contribution < -0.4 is 10.1 Å². The topological polar surface area (TPSA) is 113 Å². The Balaban J connectivity index is 0.00000432. The number of aliphatic hydroxyl groups is 1. The molecule has 0 heterocycles. The van der Waals surface area contributed by atoms with Gasteiger partial charge in [-0.2, -0.15) is 0 Å². The van der Waals surface area contributed by atoms with Gasteiger partial charge in [0.1, 0.15) is 5.75 Å². The number of ether oxygens (including phenoxy) is 1. The molecule has 0 unspecified atom stereocenters. The lowest BCUT2D eigenvalue weighted by Crippen LogP contribution is -2.23. The van der Waals surface area contributed by atoms with Crippen LogP contribution in [0.4, 0.5) is 0 Å². The summed E-state index contributed by atoms with van der Waals surface area (Å²) < 4.78 is 30.9. The number of rotatable bonds is 11. The van der Waals surface area contributed by atoms with Gasteiger partial charge < -0.3 is 20.3 Å². The molecule has 188 valence electrons. The highest BCUT2D eigenvalue weighted by Gasteiger charge is 2.19. The highest BCUT2D eigenvalue weighted by Crippen LogP contribution is 2.30. The van der Waals surface area contributed by atoms with Crippen LogP contribution in [0, 0.1) is 0 Å². The Morgan fingerprint density at radius 1 is 1.00 bits per heavy atom. The number of aliphatic hydroxyl groups excluding tert-OH is 1. The number of hydrogen-bond acceptors (Lipinski definition) is 6. The van der Waals surface area contributed by atoms with Crippen molar-refractivity contribution in [2.75, 3.05) is 19.7 Å². The number of nitrogens with one attached hydrogen (secondary N) is 1. The average Bonchev–Trinajstić information content (AvgIpc) is 2.81. The molecule has 0 bridgehead atoms. The third-order valence-corrected chi connectivity index (χ3v) is 7.26. The molecule has 7 nitrogen and oxygen atoms in total. The Hall–Kier alpha value is -2.33. The minimum absolute atomic E-state index is 0. The molecule has 0 aliphatic rings. The molecular weight excluding hydrogens is 537 g/mol. The Morgan fingerprint density at radius 2 is 1.69 bits per heavy atom. The summed E-state index contributed by atoms with van der Waals surface area (Å²) in [6, 6.07) is 17.4. The Labute approximate surface area is 220 Å². The summed E-state index contributed by atoms with van der Waals surface area (Å²) in [7, 11) is -3.81. The van der Waals surface area contributed by atoms with Crippen LogP contribution in [-0.2, 0) is 21.1 Å². The molecule has 35 heavy (non-hydrogen) atoms. The molecule has 0 saturated heterocycles. The van der Waals surface area contributed by atoms with Crippen LogP contribution in [0.5, 0.6) is 5.75 Å². The second-order valence-electron chi connectivity index (χ2n) is 7.45. The SMILES string of the molecule is Cl.O=C(O)COc1ccc(S(=O)(=O)c2ccc(CCNC[C@H](O)c3cccc(Cl)c3)cc2)cc1Cl. The van der Waals surface area contributed by atoms with Gasteiger partial charge in [-0.15, -0.1) is 12.4 Å². The first-order valence-electron chi connectivity index (χ1n) is 10.3. The monoisotopic (exact) mass is 559 g/mol. The Kier molecular flexibility index (Phi) is 10.8. The van der Waals surface area contributed by atoms with Crippen molar-refractivity contribution in [3.8, 4) is 5.75 Å². The van der Waals surface area contributed by atoms with E-state index >= 15 is 0 Å². The van der Waals surface area contributed by atoms with Crippen LogP contribution in [0.15, 0.2) is 76.5 Å².